The zero-order valence-electron chi connectivity index (χ0n) is 13.8. The number of rotatable bonds is 6. The zero-order valence-corrected chi connectivity index (χ0v) is 13.8. The molecule has 0 fully saturated rings. The summed E-state index contributed by atoms with van der Waals surface area (Å²) in [7, 11) is 0. The van der Waals surface area contributed by atoms with Crippen LogP contribution in [0.2, 0.25) is 0 Å². The number of pyridine rings is 1. The lowest BCUT2D eigenvalue weighted by Crippen LogP contribution is -2.10. The molecule has 0 aliphatic rings. The Balaban J connectivity index is 1.78. The van der Waals surface area contributed by atoms with Crippen LogP contribution in [0.25, 0.3) is 0 Å². The number of para-hydroxylation sites is 1. The molecule has 0 aliphatic heterocycles. The van der Waals surface area contributed by atoms with Crippen molar-refractivity contribution in [2.75, 3.05) is 11.1 Å². The van der Waals surface area contributed by atoms with Gasteiger partial charge in [-0.3, -0.25) is 0 Å². The first kappa shape index (κ1) is 17.0. The predicted octanol–water partition coefficient (Wildman–Crippen LogP) is 2.39. The van der Waals surface area contributed by atoms with Crippen LogP contribution in [-0.2, 0) is 6.61 Å². The Bertz CT molecular complexity index is 949. The number of benzene rings is 1. The SMILES string of the molecule is Cc1ccccc1Nc1nc(N)nc(COc2cccnc2[N+](=O)[O-])n1. The number of ether oxygens (including phenoxy) is 1. The van der Waals surface area contributed by atoms with Gasteiger partial charge in [-0.2, -0.15) is 15.0 Å². The van der Waals surface area contributed by atoms with E-state index in [0.717, 1.165) is 11.3 Å². The Morgan fingerprint density at radius 1 is 1.19 bits per heavy atom. The maximum Gasteiger partial charge on any atom is 0.406 e. The molecule has 1 aromatic carbocycles. The Kier molecular flexibility index (Phi) is 4.83. The van der Waals surface area contributed by atoms with E-state index in [1.54, 1.807) is 0 Å². The van der Waals surface area contributed by atoms with Crippen LogP contribution in [0, 0.1) is 17.0 Å². The molecule has 0 saturated heterocycles. The first-order chi connectivity index (χ1) is 12.5. The second-order valence-corrected chi connectivity index (χ2v) is 5.24. The topological polar surface area (TPSA) is 142 Å². The quantitative estimate of drug-likeness (QED) is 0.504. The smallest absolute Gasteiger partial charge is 0.406 e. The molecule has 0 atom stereocenters. The summed E-state index contributed by atoms with van der Waals surface area (Å²) in [5.41, 5.74) is 7.56. The third-order valence-corrected chi connectivity index (χ3v) is 3.37. The van der Waals surface area contributed by atoms with Crippen molar-refractivity contribution in [1.29, 1.82) is 0 Å². The molecule has 10 heteroatoms. The second-order valence-electron chi connectivity index (χ2n) is 5.24. The van der Waals surface area contributed by atoms with Gasteiger partial charge in [0.25, 0.3) is 0 Å². The molecule has 0 spiro atoms. The van der Waals surface area contributed by atoms with E-state index < -0.39 is 4.92 Å². The van der Waals surface area contributed by atoms with E-state index >= 15 is 0 Å². The highest BCUT2D eigenvalue weighted by Gasteiger charge is 2.16. The molecule has 3 rings (SSSR count). The Labute approximate surface area is 148 Å². The maximum atomic E-state index is 11.0. The summed E-state index contributed by atoms with van der Waals surface area (Å²) < 4.78 is 5.43. The first-order valence-electron chi connectivity index (χ1n) is 7.58. The summed E-state index contributed by atoms with van der Waals surface area (Å²) >= 11 is 0. The molecule has 0 amide bonds. The lowest BCUT2D eigenvalue weighted by atomic mass is 10.2. The fraction of sp³-hybridized carbons (Fsp3) is 0.125. The average molecular weight is 353 g/mol. The van der Waals surface area contributed by atoms with Crippen LogP contribution in [-0.4, -0.2) is 24.9 Å². The highest BCUT2D eigenvalue weighted by molar-refractivity contribution is 5.58. The van der Waals surface area contributed by atoms with Crippen LogP contribution in [0.3, 0.4) is 0 Å². The number of nitrogens with zero attached hydrogens (tertiary/aromatic N) is 5. The van der Waals surface area contributed by atoms with Gasteiger partial charge < -0.3 is 25.9 Å². The van der Waals surface area contributed by atoms with Crippen molar-refractivity contribution in [3.8, 4) is 5.75 Å². The van der Waals surface area contributed by atoms with Crippen LogP contribution < -0.4 is 15.8 Å². The maximum absolute atomic E-state index is 11.0. The molecule has 26 heavy (non-hydrogen) atoms. The highest BCUT2D eigenvalue weighted by Crippen LogP contribution is 2.24. The van der Waals surface area contributed by atoms with Gasteiger partial charge in [0, 0.05) is 5.69 Å². The van der Waals surface area contributed by atoms with Gasteiger partial charge in [0.1, 0.15) is 12.8 Å². The fourth-order valence-corrected chi connectivity index (χ4v) is 2.17. The van der Waals surface area contributed by atoms with E-state index in [0.29, 0.717) is 0 Å². The molecule has 2 aromatic heterocycles. The Hall–Kier alpha value is -3.82. The van der Waals surface area contributed by atoms with Crippen LogP contribution >= 0.6 is 0 Å². The van der Waals surface area contributed by atoms with Gasteiger partial charge in [0.05, 0.1) is 0 Å². The van der Waals surface area contributed by atoms with Crippen LogP contribution in [0.4, 0.5) is 23.4 Å². The van der Waals surface area contributed by atoms with Crippen molar-refractivity contribution >= 4 is 23.4 Å². The lowest BCUT2D eigenvalue weighted by molar-refractivity contribution is -0.390. The minimum Gasteiger partial charge on any atom is -0.477 e. The van der Waals surface area contributed by atoms with Gasteiger partial charge >= 0.3 is 5.82 Å². The third-order valence-electron chi connectivity index (χ3n) is 3.37. The molecule has 132 valence electrons. The van der Waals surface area contributed by atoms with Gasteiger partial charge in [-0.25, -0.2) is 0 Å². The first-order valence-corrected chi connectivity index (χ1v) is 7.58. The van der Waals surface area contributed by atoms with Crippen LogP contribution in [0.15, 0.2) is 42.6 Å². The molecule has 3 N–H and O–H groups in total. The van der Waals surface area contributed by atoms with Gasteiger partial charge in [0.2, 0.25) is 17.6 Å². The van der Waals surface area contributed by atoms with E-state index in [2.05, 4.69) is 25.3 Å². The van der Waals surface area contributed by atoms with Gasteiger partial charge in [-0.1, -0.05) is 18.2 Å². The van der Waals surface area contributed by atoms with Crippen molar-refractivity contribution in [3.63, 3.8) is 0 Å². The van der Waals surface area contributed by atoms with Crippen LogP contribution in [0.1, 0.15) is 11.4 Å². The molecular formula is C16H15N7O3. The number of nitrogens with one attached hydrogen (secondary N) is 1. The number of aromatic nitrogens is 4. The number of nitrogens with two attached hydrogens (primary N) is 1. The molecule has 0 radical (unpaired) electrons. The van der Waals surface area contributed by atoms with E-state index in [-0.39, 0.29) is 35.9 Å². The largest absolute Gasteiger partial charge is 0.477 e. The summed E-state index contributed by atoms with van der Waals surface area (Å²) in [6.45, 7) is 1.82. The van der Waals surface area contributed by atoms with Crippen molar-refractivity contribution in [1.82, 2.24) is 19.9 Å². The Morgan fingerprint density at radius 3 is 2.77 bits per heavy atom. The van der Waals surface area contributed by atoms with E-state index in [4.69, 9.17) is 10.5 Å². The second kappa shape index (κ2) is 7.38. The summed E-state index contributed by atoms with van der Waals surface area (Å²) in [5, 5.41) is 14.0. The van der Waals surface area contributed by atoms with Gasteiger partial charge in [0.15, 0.2) is 5.82 Å². The van der Waals surface area contributed by atoms with Gasteiger partial charge in [-0.05, 0) is 40.6 Å². The number of aryl methyl sites for hydroxylation is 1. The fourth-order valence-electron chi connectivity index (χ4n) is 2.17. The van der Waals surface area contributed by atoms with Crippen molar-refractivity contribution in [2.45, 2.75) is 13.5 Å². The summed E-state index contributed by atoms with van der Waals surface area (Å²) in [6, 6.07) is 10.6. The minimum atomic E-state index is -0.623. The van der Waals surface area contributed by atoms with E-state index in [9.17, 15) is 10.1 Å². The Morgan fingerprint density at radius 2 is 2.00 bits per heavy atom. The van der Waals surface area contributed by atoms with Crippen molar-refractivity contribution in [2.24, 2.45) is 0 Å². The molecule has 10 nitrogen and oxygen atoms in total. The van der Waals surface area contributed by atoms with Crippen LogP contribution in [0.5, 0.6) is 5.75 Å². The molecular weight excluding hydrogens is 338 g/mol. The molecule has 0 unspecified atom stereocenters. The molecule has 2 heterocycles. The average Bonchev–Trinajstić information content (AvgIpc) is 2.62. The van der Waals surface area contributed by atoms with E-state index in [1.807, 2.05) is 31.2 Å². The molecule has 0 aliphatic carbocycles. The standard InChI is InChI=1S/C16H15N7O3/c1-10-5-2-3-6-11(10)19-16-21-13(20-15(17)22-16)9-26-12-7-4-8-18-14(12)23(24)25/h2-8H,9H2,1H3,(H3,17,19,20,21,22). The molecule has 0 saturated carbocycles. The number of nitrogen functional groups attached to an aromatic ring is 1. The summed E-state index contributed by atoms with van der Waals surface area (Å²) in [6.07, 6.45) is 1.32. The summed E-state index contributed by atoms with van der Waals surface area (Å²) in [4.78, 5) is 26.3. The van der Waals surface area contributed by atoms with Crippen molar-refractivity contribution in [3.05, 3.63) is 64.1 Å². The third kappa shape index (κ3) is 3.98. The zero-order chi connectivity index (χ0) is 18.5. The van der Waals surface area contributed by atoms with Crippen molar-refractivity contribution < 1.29 is 9.66 Å². The highest BCUT2D eigenvalue weighted by atomic mass is 16.6. The number of anilines is 3. The minimum absolute atomic E-state index is 0.00960. The van der Waals surface area contributed by atoms with Gasteiger partial charge in [-0.15, -0.1) is 0 Å². The summed E-state index contributed by atoms with van der Waals surface area (Å²) in [5.74, 6) is 0.130. The number of nitro groups is 1. The normalized spacial score (nSPS) is 10.3. The van der Waals surface area contributed by atoms with E-state index in [1.165, 1.54) is 18.3 Å². The predicted molar refractivity (Wildman–Crippen MR) is 93.9 cm³/mol. The molecule has 0 bridgehead atoms. The number of hydrogen-bond donors (Lipinski definition) is 2. The number of hydrogen-bond acceptors (Lipinski definition) is 9. The molecule has 3 aromatic rings. The lowest BCUT2D eigenvalue weighted by Gasteiger charge is -2.10. The monoisotopic (exact) mass is 353 g/mol.